The van der Waals surface area contributed by atoms with Crippen LogP contribution in [-0.2, 0) is 0 Å². The first-order valence-corrected chi connectivity index (χ1v) is 17.4. The van der Waals surface area contributed by atoms with E-state index in [1.54, 1.807) is 0 Å². The summed E-state index contributed by atoms with van der Waals surface area (Å²) in [6.07, 6.45) is 13.2. The average Bonchev–Trinajstić information content (AvgIpc) is 3.53. The van der Waals surface area contributed by atoms with E-state index in [0.717, 1.165) is 16.8 Å². The standard InChI is InChI=1S/C50H37N/c1-6-20-40(21-7-1)45(41-22-8-2-9-23-41)30-16-18-38-32-34-49-47(36-38)48-37-39(33-35-50(48)51(49)44-28-14-5-15-29-44)19-17-31-46(42-24-10-3-11-25-42)43-26-12-4-13-27-43/h1-37H. The van der Waals surface area contributed by atoms with Gasteiger partial charge in [0, 0.05) is 16.5 Å². The Balaban J connectivity index is 1.20. The van der Waals surface area contributed by atoms with Gasteiger partial charge in [0.1, 0.15) is 0 Å². The molecule has 8 rings (SSSR count). The molecule has 1 aromatic heterocycles. The zero-order valence-electron chi connectivity index (χ0n) is 28.3. The molecular weight excluding hydrogens is 615 g/mol. The fourth-order valence-corrected chi connectivity index (χ4v) is 6.82. The van der Waals surface area contributed by atoms with Gasteiger partial charge in [-0.2, -0.15) is 0 Å². The van der Waals surface area contributed by atoms with Crippen LogP contribution in [0.3, 0.4) is 0 Å². The molecule has 0 atom stereocenters. The molecule has 8 aromatic rings. The lowest BCUT2D eigenvalue weighted by molar-refractivity contribution is 1.18. The van der Waals surface area contributed by atoms with Crippen LogP contribution in [0, 0.1) is 0 Å². The molecule has 0 unspecified atom stereocenters. The first-order valence-electron chi connectivity index (χ1n) is 17.4. The molecule has 0 aliphatic rings. The lowest BCUT2D eigenvalue weighted by Gasteiger charge is -2.08. The fraction of sp³-hybridized carbons (Fsp3) is 0. The molecule has 1 nitrogen and oxygen atoms in total. The summed E-state index contributed by atoms with van der Waals surface area (Å²) in [4.78, 5) is 0. The zero-order valence-corrected chi connectivity index (χ0v) is 28.3. The maximum atomic E-state index is 2.37. The highest BCUT2D eigenvalue weighted by Crippen LogP contribution is 2.34. The van der Waals surface area contributed by atoms with E-state index in [2.05, 4.69) is 229 Å². The molecule has 0 bridgehead atoms. The van der Waals surface area contributed by atoms with E-state index < -0.39 is 0 Å². The van der Waals surface area contributed by atoms with Crippen LogP contribution in [0.15, 0.2) is 212 Å². The Morgan fingerprint density at radius 2 is 0.686 bits per heavy atom. The Hall–Kier alpha value is -6.70. The molecule has 0 saturated carbocycles. The Morgan fingerprint density at radius 1 is 0.353 bits per heavy atom. The molecule has 1 heteroatoms. The van der Waals surface area contributed by atoms with E-state index in [9.17, 15) is 0 Å². The number of rotatable bonds is 9. The summed E-state index contributed by atoms with van der Waals surface area (Å²) in [7, 11) is 0. The van der Waals surface area contributed by atoms with Gasteiger partial charge in [0.05, 0.1) is 11.0 Å². The second-order valence-corrected chi connectivity index (χ2v) is 12.6. The number of para-hydroxylation sites is 1. The number of hydrogen-bond acceptors (Lipinski definition) is 0. The summed E-state index contributed by atoms with van der Waals surface area (Å²) in [6.45, 7) is 0. The van der Waals surface area contributed by atoms with E-state index in [0.29, 0.717) is 0 Å². The van der Waals surface area contributed by atoms with Crippen molar-refractivity contribution in [3.05, 3.63) is 246 Å². The minimum absolute atomic E-state index is 1.15. The quantitative estimate of drug-likeness (QED) is 0.137. The maximum Gasteiger partial charge on any atom is 0.0541 e. The van der Waals surface area contributed by atoms with Crippen LogP contribution < -0.4 is 0 Å². The first-order chi connectivity index (χ1) is 25.3. The van der Waals surface area contributed by atoms with Gasteiger partial charge < -0.3 is 4.57 Å². The molecule has 0 saturated heterocycles. The van der Waals surface area contributed by atoms with Gasteiger partial charge in [-0.1, -0.05) is 188 Å². The van der Waals surface area contributed by atoms with Crippen LogP contribution in [0.1, 0.15) is 33.4 Å². The molecule has 242 valence electrons. The zero-order chi connectivity index (χ0) is 34.2. The highest BCUT2D eigenvalue weighted by atomic mass is 15.0. The lowest BCUT2D eigenvalue weighted by Crippen LogP contribution is -1.93. The molecule has 0 fully saturated rings. The summed E-state index contributed by atoms with van der Waals surface area (Å²) in [5.74, 6) is 0. The Bertz CT molecular complexity index is 2270. The lowest BCUT2D eigenvalue weighted by atomic mass is 9.97. The van der Waals surface area contributed by atoms with Gasteiger partial charge in [-0.25, -0.2) is 0 Å². The normalized spacial score (nSPS) is 11.4. The Morgan fingerprint density at radius 3 is 1.04 bits per heavy atom. The second-order valence-electron chi connectivity index (χ2n) is 12.6. The van der Waals surface area contributed by atoms with Gasteiger partial charge in [0.2, 0.25) is 0 Å². The van der Waals surface area contributed by atoms with Crippen LogP contribution in [0.5, 0.6) is 0 Å². The summed E-state index contributed by atoms with van der Waals surface area (Å²) in [6, 6.07) is 66.6. The third-order valence-electron chi connectivity index (χ3n) is 9.27. The van der Waals surface area contributed by atoms with Crippen molar-refractivity contribution >= 4 is 45.1 Å². The highest BCUT2D eigenvalue weighted by molar-refractivity contribution is 6.10. The van der Waals surface area contributed by atoms with Gasteiger partial charge >= 0.3 is 0 Å². The Labute approximate surface area is 300 Å². The van der Waals surface area contributed by atoms with E-state index >= 15 is 0 Å². The smallest absolute Gasteiger partial charge is 0.0541 e. The number of allylic oxidation sites excluding steroid dienone is 4. The molecule has 1 heterocycles. The number of nitrogens with zero attached hydrogens (tertiary/aromatic N) is 1. The second kappa shape index (κ2) is 14.8. The van der Waals surface area contributed by atoms with E-state index in [1.165, 1.54) is 55.2 Å². The van der Waals surface area contributed by atoms with Gasteiger partial charge in [-0.3, -0.25) is 0 Å². The van der Waals surface area contributed by atoms with Crippen molar-refractivity contribution in [1.29, 1.82) is 0 Å². The summed E-state index contributed by atoms with van der Waals surface area (Å²) >= 11 is 0. The van der Waals surface area contributed by atoms with Crippen molar-refractivity contribution in [2.75, 3.05) is 0 Å². The average molecular weight is 652 g/mol. The van der Waals surface area contributed by atoms with Crippen molar-refractivity contribution < 1.29 is 0 Å². The van der Waals surface area contributed by atoms with Crippen LogP contribution >= 0.6 is 0 Å². The van der Waals surface area contributed by atoms with Crippen molar-refractivity contribution in [2.24, 2.45) is 0 Å². The van der Waals surface area contributed by atoms with Crippen LogP contribution in [0.2, 0.25) is 0 Å². The van der Waals surface area contributed by atoms with Crippen LogP contribution in [-0.4, -0.2) is 4.57 Å². The largest absolute Gasteiger partial charge is 0.309 e. The van der Waals surface area contributed by atoms with E-state index in [1.807, 2.05) is 0 Å². The monoisotopic (exact) mass is 651 g/mol. The molecular formula is C50H37N. The van der Waals surface area contributed by atoms with E-state index in [4.69, 9.17) is 0 Å². The summed E-state index contributed by atoms with van der Waals surface area (Å²) in [5.41, 5.74) is 13.0. The molecule has 0 N–H and O–H groups in total. The topological polar surface area (TPSA) is 4.93 Å². The summed E-state index contributed by atoms with van der Waals surface area (Å²) in [5, 5.41) is 2.46. The third-order valence-corrected chi connectivity index (χ3v) is 9.27. The van der Waals surface area contributed by atoms with Gasteiger partial charge in [0.25, 0.3) is 0 Å². The minimum atomic E-state index is 1.15. The van der Waals surface area contributed by atoms with Crippen molar-refractivity contribution in [1.82, 2.24) is 4.57 Å². The highest BCUT2D eigenvalue weighted by Gasteiger charge is 2.13. The fourth-order valence-electron chi connectivity index (χ4n) is 6.82. The molecule has 0 aliphatic carbocycles. The predicted molar refractivity (Wildman–Crippen MR) is 219 cm³/mol. The summed E-state index contributed by atoms with van der Waals surface area (Å²) < 4.78 is 2.37. The number of aromatic nitrogens is 1. The third kappa shape index (κ3) is 6.92. The minimum Gasteiger partial charge on any atom is -0.309 e. The predicted octanol–water partition coefficient (Wildman–Crippen LogP) is 13.1. The molecule has 0 radical (unpaired) electrons. The van der Waals surface area contributed by atoms with Crippen molar-refractivity contribution in [3.8, 4) is 5.69 Å². The molecule has 7 aromatic carbocycles. The van der Waals surface area contributed by atoms with Gasteiger partial charge in [-0.15, -0.1) is 0 Å². The number of hydrogen-bond donors (Lipinski definition) is 0. The molecule has 0 aliphatic heterocycles. The number of benzene rings is 7. The van der Waals surface area contributed by atoms with E-state index in [-0.39, 0.29) is 0 Å². The maximum absolute atomic E-state index is 2.37. The van der Waals surface area contributed by atoms with Crippen molar-refractivity contribution in [2.45, 2.75) is 0 Å². The Kier molecular flexibility index (Phi) is 9.17. The van der Waals surface area contributed by atoms with Crippen LogP contribution in [0.4, 0.5) is 0 Å². The number of fused-ring (bicyclic) bond motifs is 3. The SMILES string of the molecule is C(=Cc1ccc2c(c1)c1cc(C=CC=C(c3ccccc3)c3ccccc3)ccc1n2-c1ccccc1)C=C(c1ccccc1)c1ccccc1. The van der Waals surface area contributed by atoms with Crippen molar-refractivity contribution in [3.63, 3.8) is 0 Å². The van der Waals surface area contributed by atoms with Gasteiger partial charge in [0.15, 0.2) is 0 Å². The molecule has 51 heavy (non-hydrogen) atoms. The molecule has 0 amide bonds. The first kappa shape index (κ1) is 31.6. The van der Waals surface area contributed by atoms with Gasteiger partial charge in [-0.05, 0) is 80.9 Å². The van der Waals surface area contributed by atoms with Crippen LogP contribution in [0.25, 0.3) is 50.8 Å². The molecule has 0 spiro atoms.